The van der Waals surface area contributed by atoms with Crippen molar-refractivity contribution < 1.29 is 18.3 Å². The number of hydrogen-bond acceptors (Lipinski definition) is 4. The fourth-order valence-corrected chi connectivity index (χ4v) is 3.72. The minimum absolute atomic E-state index is 0.287. The number of carbonyl (C=O) groups is 1. The molecule has 0 unspecified atom stereocenters. The van der Waals surface area contributed by atoms with Crippen molar-refractivity contribution in [1.82, 2.24) is 9.97 Å². The highest BCUT2D eigenvalue weighted by Gasteiger charge is 2.35. The minimum Gasteiger partial charge on any atom is -0.462 e. The van der Waals surface area contributed by atoms with Gasteiger partial charge in [-0.3, -0.25) is 0 Å². The average molecular weight is 360 g/mol. The smallest absolute Gasteiger partial charge is 0.341 e. The van der Waals surface area contributed by atoms with Crippen LogP contribution in [0, 0.1) is 11.6 Å². The standard InChI is InChI=1S/C20H22F2N2O2/c1-2-26-19(25)14-12-23-18(24-13-14)11-20(6-4-3-5-7-20)15-8-16(21)10-17(22)9-15/h8-10,12-13H,2-7,11H2,1H3. The van der Waals surface area contributed by atoms with Gasteiger partial charge in [-0.1, -0.05) is 19.3 Å². The number of nitrogens with zero attached hydrogens (tertiary/aromatic N) is 2. The summed E-state index contributed by atoms with van der Waals surface area (Å²) >= 11 is 0. The van der Waals surface area contributed by atoms with E-state index in [4.69, 9.17) is 4.74 Å². The van der Waals surface area contributed by atoms with E-state index in [2.05, 4.69) is 9.97 Å². The first-order chi connectivity index (χ1) is 12.5. The van der Waals surface area contributed by atoms with Crippen LogP contribution in [0.25, 0.3) is 0 Å². The van der Waals surface area contributed by atoms with Gasteiger partial charge < -0.3 is 4.74 Å². The summed E-state index contributed by atoms with van der Waals surface area (Å²) < 4.78 is 32.5. The van der Waals surface area contributed by atoms with Crippen LogP contribution in [-0.4, -0.2) is 22.5 Å². The maximum atomic E-state index is 13.8. The lowest BCUT2D eigenvalue weighted by atomic mass is 9.67. The zero-order valence-corrected chi connectivity index (χ0v) is 14.8. The molecule has 0 N–H and O–H groups in total. The minimum atomic E-state index is -0.566. The van der Waals surface area contributed by atoms with Crippen LogP contribution in [0.5, 0.6) is 0 Å². The Labute approximate surface area is 151 Å². The number of esters is 1. The van der Waals surface area contributed by atoms with Gasteiger partial charge in [0, 0.05) is 30.3 Å². The van der Waals surface area contributed by atoms with Gasteiger partial charge in [-0.15, -0.1) is 0 Å². The summed E-state index contributed by atoms with van der Waals surface area (Å²) in [7, 11) is 0. The molecule has 0 atom stereocenters. The zero-order valence-electron chi connectivity index (χ0n) is 14.8. The Bertz CT molecular complexity index is 752. The highest BCUT2D eigenvalue weighted by atomic mass is 19.1. The molecule has 1 aliphatic rings. The van der Waals surface area contributed by atoms with Gasteiger partial charge in [-0.05, 0) is 37.5 Å². The first kappa shape index (κ1) is 18.4. The molecular formula is C20H22F2N2O2. The lowest BCUT2D eigenvalue weighted by molar-refractivity contribution is 0.0525. The molecule has 0 saturated heterocycles. The monoisotopic (exact) mass is 360 g/mol. The first-order valence-corrected chi connectivity index (χ1v) is 8.97. The molecule has 2 aromatic rings. The lowest BCUT2D eigenvalue weighted by Gasteiger charge is -2.37. The summed E-state index contributed by atoms with van der Waals surface area (Å²) in [5.74, 6) is -1.03. The summed E-state index contributed by atoms with van der Waals surface area (Å²) in [6, 6.07) is 3.73. The molecule has 1 fully saturated rings. The van der Waals surface area contributed by atoms with E-state index in [1.165, 1.54) is 24.5 Å². The van der Waals surface area contributed by atoms with E-state index in [1.807, 2.05) is 0 Å². The van der Waals surface area contributed by atoms with E-state index in [-0.39, 0.29) is 12.0 Å². The Hall–Kier alpha value is -2.37. The quantitative estimate of drug-likeness (QED) is 0.743. The number of rotatable bonds is 5. The number of halogens is 2. The van der Waals surface area contributed by atoms with E-state index < -0.39 is 17.6 Å². The molecule has 3 rings (SSSR count). The van der Waals surface area contributed by atoms with Crippen LogP contribution >= 0.6 is 0 Å². The third-order valence-corrected chi connectivity index (χ3v) is 5.00. The van der Waals surface area contributed by atoms with E-state index in [1.54, 1.807) is 6.92 Å². The van der Waals surface area contributed by atoms with Crippen LogP contribution in [0.4, 0.5) is 8.78 Å². The second kappa shape index (κ2) is 7.89. The van der Waals surface area contributed by atoms with Gasteiger partial charge in [0.1, 0.15) is 17.5 Å². The van der Waals surface area contributed by atoms with Crippen LogP contribution in [-0.2, 0) is 16.6 Å². The van der Waals surface area contributed by atoms with Gasteiger partial charge >= 0.3 is 5.97 Å². The highest BCUT2D eigenvalue weighted by Crippen LogP contribution is 2.42. The van der Waals surface area contributed by atoms with Crippen molar-refractivity contribution in [3.63, 3.8) is 0 Å². The maximum absolute atomic E-state index is 13.8. The molecule has 1 aliphatic carbocycles. The number of ether oxygens (including phenoxy) is 1. The van der Waals surface area contributed by atoms with Crippen molar-refractivity contribution in [3.8, 4) is 0 Å². The number of benzene rings is 1. The molecule has 1 aromatic heterocycles. The molecule has 0 amide bonds. The van der Waals surface area contributed by atoms with Crippen molar-refractivity contribution in [2.24, 2.45) is 0 Å². The number of hydrogen-bond donors (Lipinski definition) is 0. The van der Waals surface area contributed by atoms with Gasteiger partial charge in [-0.25, -0.2) is 23.5 Å². The van der Waals surface area contributed by atoms with Crippen molar-refractivity contribution in [3.05, 3.63) is 59.2 Å². The molecule has 0 radical (unpaired) electrons. The molecule has 1 saturated carbocycles. The fraction of sp³-hybridized carbons (Fsp3) is 0.450. The zero-order chi connectivity index (χ0) is 18.6. The lowest BCUT2D eigenvalue weighted by Crippen LogP contribution is -2.32. The second-order valence-electron chi connectivity index (χ2n) is 6.78. The second-order valence-corrected chi connectivity index (χ2v) is 6.78. The number of carbonyl (C=O) groups excluding carboxylic acids is 1. The Morgan fingerprint density at radius 3 is 2.27 bits per heavy atom. The molecule has 6 heteroatoms. The van der Waals surface area contributed by atoms with Gasteiger partial charge in [0.05, 0.1) is 12.2 Å². The first-order valence-electron chi connectivity index (χ1n) is 8.97. The predicted octanol–water partition coefficient (Wildman–Crippen LogP) is 4.38. The Kier molecular flexibility index (Phi) is 5.59. The average Bonchev–Trinajstić information content (AvgIpc) is 2.62. The van der Waals surface area contributed by atoms with Crippen LogP contribution in [0.15, 0.2) is 30.6 Å². The van der Waals surface area contributed by atoms with Gasteiger partial charge in [0.25, 0.3) is 0 Å². The molecule has 0 bridgehead atoms. The SMILES string of the molecule is CCOC(=O)c1cnc(CC2(c3cc(F)cc(F)c3)CCCCC2)nc1. The molecular weight excluding hydrogens is 338 g/mol. The summed E-state index contributed by atoms with van der Waals surface area (Å²) in [4.78, 5) is 20.3. The highest BCUT2D eigenvalue weighted by molar-refractivity contribution is 5.88. The third-order valence-electron chi connectivity index (χ3n) is 5.00. The fourth-order valence-electron chi connectivity index (χ4n) is 3.72. The van der Waals surface area contributed by atoms with Crippen molar-refractivity contribution in [2.45, 2.75) is 50.9 Å². The van der Waals surface area contributed by atoms with E-state index in [0.717, 1.165) is 38.2 Å². The molecule has 1 aromatic carbocycles. The third kappa shape index (κ3) is 4.06. The molecule has 138 valence electrons. The van der Waals surface area contributed by atoms with E-state index in [0.29, 0.717) is 23.4 Å². The summed E-state index contributed by atoms with van der Waals surface area (Å²) in [5, 5.41) is 0. The molecule has 0 aliphatic heterocycles. The molecule has 4 nitrogen and oxygen atoms in total. The normalized spacial score (nSPS) is 16.3. The Balaban J connectivity index is 1.88. The van der Waals surface area contributed by atoms with Gasteiger partial charge in [0.15, 0.2) is 0 Å². The molecule has 26 heavy (non-hydrogen) atoms. The van der Waals surface area contributed by atoms with Crippen molar-refractivity contribution in [2.75, 3.05) is 6.61 Å². The van der Waals surface area contributed by atoms with Crippen molar-refractivity contribution in [1.29, 1.82) is 0 Å². The van der Waals surface area contributed by atoms with Crippen LogP contribution in [0.1, 0.15) is 60.8 Å². The van der Waals surface area contributed by atoms with E-state index >= 15 is 0 Å². The summed E-state index contributed by atoms with van der Waals surface area (Å²) in [5.41, 5.74) is 0.574. The predicted molar refractivity (Wildman–Crippen MR) is 92.8 cm³/mol. The van der Waals surface area contributed by atoms with E-state index in [9.17, 15) is 13.6 Å². The topological polar surface area (TPSA) is 52.1 Å². The number of aromatic nitrogens is 2. The van der Waals surface area contributed by atoms with Crippen LogP contribution < -0.4 is 0 Å². The van der Waals surface area contributed by atoms with Crippen LogP contribution in [0.3, 0.4) is 0 Å². The largest absolute Gasteiger partial charge is 0.462 e. The van der Waals surface area contributed by atoms with Crippen molar-refractivity contribution >= 4 is 5.97 Å². The Morgan fingerprint density at radius 2 is 1.69 bits per heavy atom. The molecule has 1 heterocycles. The van der Waals surface area contributed by atoms with Gasteiger partial charge in [-0.2, -0.15) is 0 Å². The summed E-state index contributed by atoms with van der Waals surface area (Å²) in [6.45, 7) is 2.02. The maximum Gasteiger partial charge on any atom is 0.341 e. The van der Waals surface area contributed by atoms with Gasteiger partial charge in [0.2, 0.25) is 0 Å². The molecule has 0 spiro atoms. The summed E-state index contributed by atoms with van der Waals surface area (Å²) in [6.07, 6.45) is 8.16. The Morgan fingerprint density at radius 1 is 1.08 bits per heavy atom. The van der Waals surface area contributed by atoms with Crippen LogP contribution in [0.2, 0.25) is 0 Å².